The SMILES string of the molecule is CCN(CCCN(C)C)c1ccc(CNC)c(C)c1. The minimum atomic E-state index is 0.943. The molecule has 0 aliphatic carbocycles. The van der Waals surface area contributed by atoms with Crippen molar-refractivity contribution >= 4 is 5.69 Å². The van der Waals surface area contributed by atoms with Crippen LogP contribution in [0.25, 0.3) is 0 Å². The Labute approximate surface area is 118 Å². The monoisotopic (exact) mass is 263 g/mol. The summed E-state index contributed by atoms with van der Waals surface area (Å²) in [6.07, 6.45) is 1.21. The normalized spacial score (nSPS) is 11.1. The number of nitrogens with one attached hydrogen (secondary N) is 1. The molecule has 0 fully saturated rings. The molecule has 0 aliphatic rings. The first-order valence-corrected chi connectivity index (χ1v) is 7.22. The lowest BCUT2D eigenvalue weighted by Gasteiger charge is -2.25. The molecule has 1 rings (SSSR count). The van der Waals surface area contributed by atoms with E-state index >= 15 is 0 Å². The van der Waals surface area contributed by atoms with Crippen molar-refractivity contribution in [3.8, 4) is 0 Å². The third-order valence-corrected chi connectivity index (χ3v) is 3.47. The molecule has 0 unspecified atom stereocenters. The van der Waals surface area contributed by atoms with Crippen LogP contribution in [-0.4, -0.2) is 45.7 Å². The highest BCUT2D eigenvalue weighted by Gasteiger charge is 2.06. The van der Waals surface area contributed by atoms with Crippen LogP contribution in [0.4, 0.5) is 5.69 Å². The summed E-state index contributed by atoms with van der Waals surface area (Å²) in [6, 6.07) is 6.81. The van der Waals surface area contributed by atoms with Gasteiger partial charge in [-0.15, -0.1) is 0 Å². The Balaban J connectivity index is 2.67. The Bertz CT molecular complexity index is 374. The maximum Gasteiger partial charge on any atom is 0.0368 e. The molecule has 0 amide bonds. The summed E-state index contributed by atoms with van der Waals surface area (Å²) in [5.74, 6) is 0. The van der Waals surface area contributed by atoms with Crippen molar-refractivity contribution in [2.75, 3.05) is 45.7 Å². The van der Waals surface area contributed by atoms with Gasteiger partial charge >= 0.3 is 0 Å². The second-order valence-electron chi connectivity index (χ2n) is 5.38. The highest BCUT2D eigenvalue weighted by molar-refractivity contribution is 5.50. The van der Waals surface area contributed by atoms with Crippen molar-refractivity contribution in [1.29, 1.82) is 0 Å². The van der Waals surface area contributed by atoms with Gasteiger partial charge < -0.3 is 15.1 Å². The van der Waals surface area contributed by atoms with Crippen LogP contribution in [0.5, 0.6) is 0 Å². The van der Waals surface area contributed by atoms with E-state index < -0.39 is 0 Å². The Morgan fingerprint density at radius 2 is 1.89 bits per heavy atom. The van der Waals surface area contributed by atoms with E-state index in [1.807, 2.05) is 7.05 Å². The van der Waals surface area contributed by atoms with Gasteiger partial charge in [-0.3, -0.25) is 0 Å². The molecule has 0 saturated carbocycles. The van der Waals surface area contributed by atoms with Gasteiger partial charge in [0.1, 0.15) is 0 Å². The predicted octanol–water partition coefficient (Wildman–Crippen LogP) is 2.49. The van der Waals surface area contributed by atoms with Crippen LogP contribution in [0.15, 0.2) is 18.2 Å². The van der Waals surface area contributed by atoms with Crippen molar-refractivity contribution in [2.45, 2.75) is 26.8 Å². The van der Waals surface area contributed by atoms with Crippen molar-refractivity contribution in [3.05, 3.63) is 29.3 Å². The molecule has 0 heterocycles. The van der Waals surface area contributed by atoms with E-state index in [4.69, 9.17) is 0 Å². The zero-order valence-electron chi connectivity index (χ0n) is 13.2. The quantitative estimate of drug-likeness (QED) is 0.777. The maximum absolute atomic E-state index is 3.22. The number of aryl methyl sites for hydroxylation is 1. The van der Waals surface area contributed by atoms with E-state index in [0.717, 1.165) is 26.2 Å². The van der Waals surface area contributed by atoms with Crippen molar-refractivity contribution in [1.82, 2.24) is 10.2 Å². The first kappa shape index (κ1) is 16.0. The highest BCUT2D eigenvalue weighted by Crippen LogP contribution is 2.19. The zero-order chi connectivity index (χ0) is 14.3. The van der Waals surface area contributed by atoms with E-state index in [0.29, 0.717) is 0 Å². The molecule has 0 aliphatic heterocycles. The van der Waals surface area contributed by atoms with Crippen LogP contribution < -0.4 is 10.2 Å². The van der Waals surface area contributed by atoms with Gasteiger partial charge in [-0.2, -0.15) is 0 Å². The lowest BCUT2D eigenvalue weighted by molar-refractivity contribution is 0.400. The van der Waals surface area contributed by atoms with Gasteiger partial charge in [-0.05, 0) is 71.2 Å². The highest BCUT2D eigenvalue weighted by atomic mass is 15.1. The topological polar surface area (TPSA) is 18.5 Å². The summed E-state index contributed by atoms with van der Waals surface area (Å²) >= 11 is 0. The van der Waals surface area contributed by atoms with Gasteiger partial charge in [0.25, 0.3) is 0 Å². The van der Waals surface area contributed by atoms with Gasteiger partial charge in [-0.25, -0.2) is 0 Å². The summed E-state index contributed by atoms with van der Waals surface area (Å²) in [4.78, 5) is 4.70. The molecule has 1 aromatic carbocycles. The maximum atomic E-state index is 3.22. The molecule has 1 aromatic rings. The molecule has 3 heteroatoms. The Kier molecular flexibility index (Phi) is 6.89. The van der Waals surface area contributed by atoms with Gasteiger partial charge in [0.2, 0.25) is 0 Å². The van der Waals surface area contributed by atoms with Crippen LogP contribution in [0.2, 0.25) is 0 Å². The molecule has 0 radical (unpaired) electrons. The van der Waals surface area contributed by atoms with Crippen LogP contribution in [-0.2, 0) is 6.54 Å². The van der Waals surface area contributed by atoms with Crippen LogP contribution >= 0.6 is 0 Å². The van der Waals surface area contributed by atoms with Gasteiger partial charge in [0.15, 0.2) is 0 Å². The van der Waals surface area contributed by atoms with E-state index in [9.17, 15) is 0 Å². The predicted molar refractivity (Wildman–Crippen MR) is 85.0 cm³/mol. The van der Waals surface area contributed by atoms with Gasteiger partial charge in [-0.1, -0.05) is 6.07 Å². The third kappa shape index (κ3) is 5.21. The molecule has 0 atom stereocenters. The fourth-order valence-electron chi connectivity index (χ4n) is 2.31. The molecule has 3 nitrogen and oxygen atoms in total. The molecule has 108 valence electrons. The Hall–Kier alpha value is -1.06. The molecule has 0 saturated heterocycles. The average Bonchev–Trinajstić information content (AvgIpc) is 2.37. The van der Waals surface area contributed by atoms with E-state index in [1.54, 1.807) is 0 Å². The molecule has 0 bridgehead atoms. The first-order chi connectivity index (χ1) is 9.08. The number of nitrogens with zero attached hydrogens (tertiary/aromatic N) is 2. The lowest BCUT2D eigenvalue weighted by atomic mass is 10.1. The Morgan fingerprint density at radius 3 is 2.42 bits per heavy atom. The minimum absolute atomic E-state index is 0.943. The van der Waals surface area contributed by atoms with E-state index in [2.05, 4.69) is 61.3 Å². The van der Waals surface area contributed by atoms with Crippen LogP contribution in [0, 0.1) is 6.92 Å². The lowest BCUT2D eigenvalue weighted by Crippen LogP contribution is -2.27. The summed E-state index contributed by atoms with van der Waals surface area (Å²) in [7, 11) is 6.26. The van der Waals surface area contributed by atoms with Crippen LogP contribution in [0.3, 0.4) is 0 Å². The number of hydrogen-bond acceptors (Lipinski definition) is 3. The molecule has 0 aromatic heterocycles. The van der Waals surface area contributed by atoms with E-state index in [1.165, 1.54) is 23.2 Å². The fourth-order valence-corrected chi connectivity index (χ4v) is 2.31. The summed E-state index contributed by atoms with van der Waals surface area (Å²) < 4.78 is 0. The number of rotatable bonds is 8. The Morgan fingerprint density at radius 1 is 1.16 bits per heavy atom. The van der Waals surface area contributed by atoms with Gasteiger partial charge in [0, 0.05) is 25.3 Å². The molecular formula is C16H29N3. The second-order valence-corrected chi connectivity index (χ2v) is 5.38. The first-order valence-electron chi connectivity index (χ1n) is 7.22. The van der Waals surface area contributed by atoms with Gasteiger partial charge in [0.05, 0.1) is 0 Å². The molecule has 1 N–H and O–H groups in total. The second kappa shape index (κ2) is 8.18. The number of hydrogen-bond donors (Lipinski definition) is 1. The van der Waals surface area contributed by atoms with Crippen molar-refractivity contribution < 1.29 is 0 Å². The average molecular weight is 263 g/mol. The summed E-state index contributed by atoms with van der Waals surface area (Å²) in [6.45, 7) is 8.71. The number of anilines is 1. The summed E-state index contributed by atoms with van der Waals surface area (Å²) in [5, 5.41) is 3.22. The third-order valence-electron chi connectivity index (χ3n) is 3.47. The van der Waals surface area contributed by atoms with E-state index in [-0.39, 0.29) is 0 Å². The van der Waals surface area contributed by atoms with Crippen molar-refractivity contribution in [2.24, 2.45) is 0 Å². The minimum Gasteiger partial charge on any atom is -0.372 e. The number of benzene rings is 1. The molecule has 19 heavy (non-hydrogen) atoms. The smallest absolute Gasteiger partial charge is 0.0368 e. The fraction of sp³-hybridized carbons (Fsp3) is 0.625. The molecular weight excluding hydrogens is 234 g/mol. The molecule has 0 spiro atoms. The largest absolute Gasteiger partial charge is 0.372 e. The zero-order valence-corrected chi connectivity index (χ0v) is 13.2. The summed E-state index contributed by atoms with van der Waals surface area (Å²) in [5.41, 5.74) is 4.10. The standard InChI is InChI=1S/C16H29N3/c1-6-19(11-7-10-18(4)5)16-9-8-15(13-17-3)14(2)12-16/h8-9,12,17H,6-7,10-11,13H2,1-5H3. The van der Waals surface area contributed by atoms with Crippen LogP contribution in [0.1, 0.15) is 24.5 Å². The van der Waals surface area contributed by atoms with Crippen molar-refractivity contribution in [3.63, 3.8) is 0 Å².